The Bertz CT molecular complexity index is 844. The van der Waals surface area contributed by atoms with E-state index in [2.05, 4.69) is 13.2 Å². The van der Waals surface area contributed by atoms with E-state index in [4.69, 9.17) is 10.5 Å². The maximum atomic E-state index is 13.8. The van der Waals surface area contributed by atoms with Crippen LogP contribution < -0.4 is 5.73 Å². The van der Waals surface area contributed by atoms with Crippen molar-refractivity contribution in [2.45, 2.75) is 47.1 Å². The SMILES string of the molecule is C=C/C(=C\C(OC(C)c1cc(F)ccc1CC)=C(/C)N)C(SC(=C)CO)=C(C)C. The molecule has 3 N–H and O–H groups in total. The molecule has 0 saturated carbocycles. The summed E-state index contributed by atoms with van der Waals surface area (Å²) in [5.74, 6) is 0.198. The van der Waals surface area contributed by atoms with Crippen LogP contribution in [0.4, 0.5) is 4.39 Å². The maximum Gasteiger partial charge on any atom is 0.139 e. The zero-order valence-electron chi connectivity index (χ0n) is 18.0. The van der Waals surface area contributed by atoms with Gasteiger partial charge in [-0.25, -0.2) is 4.39 Å². The molecule has 0 radical (unpaired) electrons. The number of benzene rings is 1. The molecule has 0 bridgehead atoms. The quantitative estimate of drug-likeness (QED) is 0.346. The van der Waals surface area contributed by atoms with Crippen molar-refractivity contribution in [2.24, 2.45) is 5.73 Å². The van der Waals surface area contributed by atoms with Gasteiger partial charge in [0.2, 0.25) is 0 Å². The summed E-state index contributed by atoms with van der Waals surface area (Å²) in [4.78, 5) is 1.56. The van der Waals surface area contributed by atoms with E-state index in [-0.39, 0.29) is 18.5 Å². The van der Waals surface area contributed by atoms with Gasteiger partial charge in [-0.15, -0.1) is 0 Å². The van der Waals surface area contributed by atoms with Crippen molar-refractivity contribution in [1.29, 1.82) is 0 Å². The van der Waals surface area contributed by atoms with Crippen molar-refractivity contribution in [3.63, 3.8) is 0 Å². The third-order valence-electron chi connectivity index (χ3n) is 4.26. The van der Waals surface area contributed by atoms with Gasteiger partial charge in [0, 0.05) is 15.5 Å². The van der Waals surface area contributed by atoms with Crippen LogP contribution in [-0.2, 0) is 11.2 Å². The Kier molecular flexibility index (Phi) is 9.99. The molecule has 0 saturated heterocycles. The van der Waals surface area contributed by atoms with Crippen LogP contribution in [0.3, 0.4) is 0 Å². The van der Waals surface area contributed by atoms with Crippen molar-refractivity contribution >= 4 is 11.8 Å². The van der Waals surface area contributed by atoms with E-state index in [1.54, 1.807) is 19.1 Å². The summed E-state index contributed by atoms with van der Waals surface area (Å²) in [6.07, 6.45) is 3.94. The van der Waals surface area contributed by atoms with Crippen molar-refractivity contribution in [3.8, 4) is 0 Å². The average molecular weight is 418 g/mol. The Labute approximate surface area is 178 Å². The Morgan fingerprint density at radius 2 is 2.00 bits per heavy atom. The lowest BCUT2D eigenvalue weighted by Gasteiger charge is -2.21. The molecule has 1 unspecified atom stereocenters. The van der Waals surface area contributed by atoms with Gasteiger partial charge in [0.05, 0.1) is 6.61 Å². The molecule has 158 valence electrons. The van der Waals surface area contributed by atoms with Crippen molar-refractivity contribution < 1.29 is 14.2 Å². The van der Waals surface area contributed by atoms with Crippen molar-refractivity contribution in [2.75, 3.05) is 6.61 Å². The molecule has 0 aliphatic heterocycles. The number of rotatable bonds is 10. The lowest BCUT2D eigenvalue weighted by atomic mass is 10.0. The topological polar surface area (TPSA) is 55.5 Å². The molecule has 3 nitrogen and oxygen atoms in total. The van der Waals surface area contributed by atoms with Gasteiger partial charge in [-0.3, -0.25) is 0 Å². The number of nitrogens with two attached hydrogens (primary N) is 1. The Morgan fingerprint density at radius 1 is 1.34 bits per heavy atom. The van der Waals surface area contributed by atoms with E-state index < -0.39 is 0 Å². The molecular weight excluding hydrogens is 385 g/mol. The number of hydrogen-bond donors (Lipinski definition) is 2. The van der Waals surface area contributed by atoms with Gasteiger partial charge >= 0.3 is 0 Å². The highest BCUT2D eigenvalue weighted by Gasteiger charge is 2.16. The van der Waals surface area contributed by atoms with Gasteiger partial charge in [0.1, 0.15) is 17.7 Å². The average Bonchev–Trinajstić information content (AvgIpc) is 2.68. The number of aliphatic hydroxyl groups excluding tert-OH is 1. The highest BCUT2D eigenvalue weighted by Crippen LogP contribution is 2.35. The third kappa shape index (κ3) is 7.26. The first kappa shape index (κ1) is 24.8. The second-order valence-corrected chi connectivity index (χ2v) is 8.13. The molecule has 0 aromatic heterocycles. The minimum Gasteiger partial charge on any atom is -0.484 e. The Hall–Kier alpha value is -2.24. The summed E-state index contributed by atoms with van der Waals surface area (Å²) >= 11 is 1.39. The molecule has 29 heavy (non-hydrogen) atoms. The molecule has 1 rings (SSSR count). The van der Waals surface area contributed by atoms with Gasteiger partial charge in [0.15, 0.2) is 0 Å². The molecular formula is C24H32FNO2S. The highest BCUT2D eigenvalue weighted by atomic mass is 32.2. The molecule has 0 aliphatic rings. The first-order chi connectivity index (χ1) is 13.6. The lowest BCUT2D eigenvalue weighted by molar-refractivity contribution is 0.139. The summed E-state index contributed by atoms with van der Waals surface area (Å²) in [6.45, 7) is 17.3. The molecule has 0 fully saturated rings. The summed E-state index contributed by atoms with van der Waals surface area (Å²) in [7, 11) is 0. The Morgan fingerprint density at radius 3 is 2.48 bits per heavy atom. The van der Waals surface area contributed by atoms with Gasteiger partial charge in [0.25, 0.3) is 0 Å². The first-order valence-corrected chi connectivity index (χ1v) is 10.4. The first-order valence-electron chi connectivity index (χ1n) is 9.54. The van der Waals surface area contributed by atoms with E-state index >= 15 is 0 Å². The summed E-state index contributed by atoms with van der Waals surface area (Å²) in [6, 6.07) is 4.75. The predicted octanol–water partition coefficient (Wildman–Crippen LogP) is 6.30. The summed E-state index contributed by atoms with van der Waals surface area (Å²) < 4.78 is 19.9. The standard InChI is InChI=1S/C24H32FNO2S/c1-8-19-10-11-21(25)13-22(19)18(7)28-23(17(6)26)12-20(9-2)24(15(3)4)29-16(5)14-27/h9-13,18,27H,2,5,8,14,26H2,1,3-4,6-7H3/b20-12+,23-17-. The zero-order valence-corrected chi connectivity index (χ0v) is 18.8. The third-order valence-corrected chi connectivity index (χ3v) is 5.53. The summed E-state index contributed by atoms with van der Waals surface area (Å²) in [5, 5.41) is 9.33. The molecule has 1 atom stereocenters. The number of aryl methyl sites for hydroxylation is 1. The van der Waals surface area contributed by atoms with Gasteiger partial charge in [-0.05, 0) is 69.0 Å². The van der Waals surface area contributed by atoms with Crippen molar-refractivity contribution in [1.82, 2.24) is 0 Å². The number of thioether (sulfide) groups is 1. The van der Waals surface area contributed by atoms with E-state index in [1.165, 1.54) is 23.9 Å². The van der Waals surface area contributed by atoms with Crippen LogP contribution in [-0.4, -0.2) is 11.7 Å². The van der Waals surface area contributed by atoms with Gasteiger partial charge < -0.3 is 15.6 Å². The molecule has 5 heteroatoms. The minimum absolute atomic E-state index is 0.114. The van der Waals surface area contributed by atoms with Gasteiger partial charge in [-0.1, -0.05) is 49.6 Å². The second kappa shape index (κ2) is 11.7. The fraction of sp³-hybridized carbons (Fsp3) is 0.333. The minimum atomic E-state index is -0.383. The van der Waals surface area contributed by atoms with Gasteiger partial charge in [-0.2, -0.15) is 0 Å². The molecule has 0 aliphatic carbocycles. The zero-order chi connectivity index (χ0) is 22.1. The number of aliphatic hydroxyl groups is 1. The highest BCUT2D eigenvalue weighted by molar-refractivity contribution is 8.07. The smallest absolute Gasteiger partial charge is 0.139 e. The molecule has 1 aromatic rings. The van der Waals surface area contributed by atoms with Crippen LogP contribution in [0.15, 0.2) is 75.9 Å². The van der Waals surface area contributed by atoms with E-state index in [9.17, 15) is 9.50 Å². The molecule has 0 spiro atoms. The van der Waals surface area contributed by atoms with Crippen molar-refractivity contribution in [3.05, 3.63) is 92.9 Å². The van der Waals surface area contributed by atoms with E-state index in [1.807, 2.05) is 33.8 Å². The maximum absolute atomic E-state index is 13.8. The van der Waals surface area contributed by atoms with Crippen LogP contribution in [0.5, 0.6) is 0 Å². The van der Waals surface area contributed by atoms with Crippen LogP contribution in [0.2, 0.25) is 0 Å². The molecule has 0 heterocycles. The second-order valence-electron chi connectivity index (χ2n) is 6.94. The van der Waals surface area contributed by atoms with Crippen LogP contribution in [0.25, 0.3) is 0 Å². The predicted molar refractivity (Wildman–Crippen MR) is 123 cm³/mol. The van der Waals surface area contributed by atoms with E-state index in [0.717, 1.165) is 33.6 Å². The van der Waals surface area contributed by atoms with Crippen LogP contribution in [0.1, 0.15) is 51.8 Å². The fourth-order valence-corrected chi connectivity index (χ4v) is 3.56. The summed E-state index contributed by atoms with van der Waals surface area (Å²) in [5.41, 5.74) is 10.3. The fourth-order valence-electron chi connectivity index (χ4n) is 2.75. The largest absolute Gasteiger partial charge is 0.484 e. The number of allylic oxidation sites excluding steroid dienone is 5. The lowest BCUT2D eigenvalue weighted by Crippen LogP contribution is -2.08. The molecule has 0 amide bonds. The normalized spacial score (nSPS) is 13.4. The van der Waals surface area contributed by atoms with Crippen LogP contribution >= 0.6 is 11.8 Å². The van der Waals surface area contributed by atoms with E-state index in [0.29, 0.717) is 16.4 Å². The van der Waals surface area contributed by atoms with Crippen LogP contribution in [0, 0.1) is 5.82 Å². The monoisotopic (exact) mass is 417 g/mol. The number of halogens is 1. The number of hydrogen-bond acceptors (Lipinski definition) is 4. The number of ether oxygens (including phenoxy) is 1. The molecule has 1 aromatic carbocycles. The Balaban J connectivity index is 3.31.